The first-order chi connectivity index (χ1) is 15.8. The summed E-state index contributed by atoms with van der Waals surface area (Å²) < 4.78 is 0. The zero-order chi connectivity index (χ0) is 22.0. The van der Waals surface area contributed by atoms with Crippen molar-refractivity contribution >= 4 is 0 Å². The molecule has 2 heteroatoms. The largest absolute Gasteiger partial charge is 0.302 e. The molecule has 0 aromatic heterocycles. The summed E-state index contributed by atoms with van der Waals surface area (Å²) in [6, 6.07) is 42.6. The molecule has 2 nitrogen and oxygen atoms in total. The monoisotopic (exact) mass is 418 g/mol. The molecular weight excluding hydrogens is 388 g/mol. The van der Waals surface area contributed by atoms with E-state index in [2.05, 4.69) is 139 Å². The average molecular weight is 419 g/mol. The van der Waals surface area contributed by atoms with Crippen molar-refractivity contribution in [3.8, 4) is 0 Å². The highest BCUT2D eigenvalue weighted by atomic mass is 14.9. The van der Waals surface area contributed by atoms with Gasteiger partial charge in [0.25, 0.3) is 0 Å². The van der Waals surface area contributed by atoms with Crippen molar-refractivity contribution < 1.29 is 0 Å². The topological polar surface area (TPSA) is 24.1 Å². The minimum atomic E-state index is 0.133. The van der Waals surface area contributed by atoms with Gasteiger partial charge in [-0.25, -0.2) is 0 Å². The Kier molecular flexibility index (Phi) is 7.64. The molecule has 4 rings (SSSR count). The van der Waals surface area contributed by atoms with E-state index in [0.717, 1.165) is 18.7 Å². The van der Waals surface area contributed by atoms with Gasteiger partial charge in [0.1, 0.15) is 0 Å². The Morgan fingerprint density at radius 1 is 0.469 bits per heavy atom. The molecular formula is C30H30N2. The van der Waals surface area contributed by atoms with Gasteiger partial charge in [-0.15, -0.1) is 0 Å². The van der Waals surface area contributed by atoms with E-state index in [0.29, 0.717) is 0 Å². The van der Waals surface area contributed by atoms with Crippen LogP contribution < -0.4 is 10.6 Å². The van der Waals surface area contributed by atoms with E-state index in [-0.39, 0.29) is 12.1 Å². The summed E-state index contributed by atoms with van der Waals surface area (Å²) in [5, 5.41) is 7.43. The Balaban J connectivity index is 1.43. The maximum absolute atomic E-state index is 4.35. The van der Waals surface area contributed by atoms with Crippen molar-refractivity contribution in [2.24, 2.45) is 0 Å². The molecule has 0 spiro atoms. The van der Waals surface area contributed by atoms with E-state index in [1.54, 1.807) is 0 Å². The van der Waals surface area contributed by atoms with Crippen molar-refractivity contribution in [3.63, 3.8) is 0 Å². The summed E-state index contributed by atoms with van der Waals surface area (Å²) in [5.74, 6) is 0. The van der Waals surface area contributed by atoms with Crippen LogP contribution in [0.4, 0.5) is 0 Å². The molecule has 0 bridgehead atoms. The van der Waals surface area contributed by atoms with E-state index in [1.807, 2.05) is 0 Å². The van der Waals surface area contributed by atoms with Gasteiger partial charge < -0.3 is 10.6 Å². The quantitative estimate of drug-likeness (QED) is 0.295. The highest BCUT2D eigenvalue weighted by molar-refractivity contribution is 5.33. The molecule has 0 aliphatic heterocycles. The van der Waals surface area contributed by atoms with Crippen LogP contribution in [0.3, 0.4) is 0 Å². The van der Waals surface area contributed by atoms with Crippen LogP contribution in [-0.4, -0.2) is 13.1 Å². The van der Waals surface area contributed by atoms with Gasteiger partial charge in [0.05, 0.1) is 12.1 Å². The Hall–Kier alpha value is -3.46. The fourth-order valence-corrected chi connectivity index (χ4v) is 3.99. The summed E-state index contributed by atoms with van der Waals surface area (Å²) in [5.41, 5.74) is 6.15. The first-order valence-corrected chi connectivity index (χ1v) is 11.1. The van der Waals surface area contributed by atoms with E-state index < -0.39 is 0 Å². The SMILES string of the molecule is C=C(CNC(c1ccccc1)c1ccccc1)CNC(c1ccccc1)c1ccccc1. The average Bonchev–Trinajstić information content (AvgIpc) is 2.87. The Bertz CT molecular complexity index is 909. The molecule has 4 aromatic rings. The van der Waals surface area contributed by atoms with E-state index in [4.69, 9.17) is 0 Å². The van der Waals surface area contributed by atoms with Gasteiger partial charge in [-0.05, 0) is 27.8 Å². The number of benzene rings is 4. The second-order valence-electron chi connectivity index (χ2n) is 8.02. The lowest BCUT2D eigenvalue weighted by molar-refractivity contribution is 0.598. The van der Waals surface area contributed by atoms with Gasteiger partial charge in [-0.1, -0.05) is 128 Å². The van der Waals surface area contributed by atoms with Crippen LogP contribution in [0.15, 0.2) is 133 Å². The molecule has 0 aliphatic rings. The first-order valence-electron chi connectivity index (χ1n) is 11.1. The van der Waals surface area contributed by atoms with Gasteiger partial charge in [-0.3, -0.25) is 0 Å². The summed E-state index contributed by atoms with van der Waals surface area (Å²) in [6.45, 7) is 5.82. The number of hydrogen-bond donors (Lipinski definition) is 2. The van der Waals surface area contributed by atoms with Crippen molar-refractivity contribution in [3.05, 3.63) is 156 Å². The van der Waals surface area contributed by atoms with Crippen LogP contribution in [0.5, 0.6) is 0 Å². The second-order valence-corrected chi connectivity index (χ2v) is 8.02. The van der Waals surface area contributed by atoms with Crippen molar-refractivity contribution in [1.82, 2.24) is 10.6 Å². The van der Waals surface area contributed by atoms with E-state index >= 15 is 0 Å². The van der Waals surface area contributed by atoms with Gasteiger partial charge in [0.2, 0.25) is 0 Å². The molecule has 0 aliphatic carbocycles. The number of rotatable bonds is 10. The third-order valence-corrected chi connectivity index (χ3v) is 5.64. The molecule has 4 aromatic carbocycles. The zero-order valence-corrected chi connectivity index (χ0v) is 18.3. The standard InChI is InChI=1S/C30H30N2/c1-24(22-31-29(25-14-6-2-7-15-25)26-16-8-3-9-17-26)23-32-30(27-18-10-4-11-19-27)28-20-12-5-13-21-28/h2-21,29-32H,1,22-23H2. The number of nitrogens with one attached hydrogen (secondary N) is 2. The predicted molar refractivity (Wildman–Crippen MR) is 135 cm³/mol. The van der Waals surface area contributed by atoms with Crippen molar-refractivity contribution in [2.45, 2.75) is 12.1 Å². The lowest BCUT2D eigenvalue weighted by atomic mass is 9.98. The van der Waals surface area contributed by atoms with Crippen molar-refractivity contribution in [1.29, 1.82) is 0 Å². The lowest BCUT2D eigenvalue weighted by Gasteiger charge is -2.23. The van der Waals surface area contributed by atoms with Crippen LogP contribution >= 0.6 is 0 Å². The second kappa shape index (κ2) is 11.2. The first kappa shape index (κ1) is 21.8. The zero-order valence-electron chi connectivity index (χ0n) is 18.3. The maximum Gasteiger partial charge on any atom is 0.0579 e. The van der Waals surface area contributed by atoms with Gasteiger partial charge in [0, 0.05) is 13.1 Å². The Morgan fingerprint density at radius 3 is 0.969 bits per heavy atom. The molecule has 0 unspecified atom stereocenters. The van der Waals surface area contributed by atoms with Crippen LogP contribution in [0.1, 0.15) is 34.3 Å². The molecule has 0 saturated carbocycles. The third kappa shape index (κ3) is 5.82. The fraction of sp³-hybridized carbons (Fsp3) is 0.133. The molecule has 2 N–H and O–H groups in total. The van der Waals surface area contributed by atoms with Gasteiger partial charge in [-0.2, -0.15) is 0 Å². The molecule has 32 heavy (non-hydrogen) atoms. The Morgan fingerprint density at radius 2 is 0.719 bits per heavy atom. The van der Waals surface area contributed by atoms with Gasteiger partial charge in [0.15, 0.2) is 0 Å². The molecule has 0 heterocycles. The highest BCUT2D eigenvalue weighted by Crippen LogP contribution is 2.23. The predicted octanol–water partition coefficient (Wildman–Crippen LogP) is 6.30. The molecule has 160 valence electrons. The van der Waals surface area contributed by atoms with Crippen LogP contribution in [0.25, 0.3) is 0 Å². The third-order valence-electron chi connectivity index (χ3n) is 5.64. The lowest BCUT2D eigenvalue weighted by Crippen LogP contribution is -2.30. The van der Waals surface area contributed by atoms with E-state index in [1.165, 1.54) is 22.3 Å². The molecule has 0 fully saturated rings. The summed E-state index contributed by atoms with van der Waals surface area (Å²) in [6.07, 6.45) is 0. The molecule has 0 radical (unpaired) electrons. The normalized spacial score (nSPS) is 11.1. The van der Waals surface area contributed by atoms with Crippen LogP contribution in [0, 0.1) is 0 Å². The molecule has 0 saturated heterocycles. The van der Waals surface area contributed by atoms with Crippen LogP contribution in [-0.2, 0) is 0 Å². The molecule has 0 amide bonds. The minimum absolute atomic E-state index is 0.133. The smallest absolute Gasteiger partial charge is 0.0579 e. The molecule has 0 atom stereocenters. The van der Waals surface area contributed by atoms with Gasteiger partial charge >= 0.3 is 0 Å². The fourth-order valence-electron chi connectivity index (χ4n) is 3.99. The Labute approximate surface area is 191 Å². The highest BCUT2D eigenvalue weighted by Gasteiger charge is 2.15. The van der Waals surface area contributed by atoms with Crippen molar-refractivity contribution in [2.75, 3.05) is 13.1 Å². The summed E-state index contributed by atoms with van der Waals surface area (Å²) >= 11 is 0. The summed E-state index contributed by atoms with van der Waals surface area (Å²) in [4.78, 5) is 0. The van der Waals surface area contributed by atoms with E-state index in [9.17, 15) is 0 Å². The van der Waals surface area contributed by atoms with Crippen LogP contribution in [0.2, 0.25) is 0 Å². The minimum Gasteiger partial charge on any atom is -0.302 e. The maximum atomic E-state index is 4.35. The number of hydrogen-bond acceptors (Lipinski definition) is 2. The summed E-state index contributed by atoms with van der Waals surface area (Å²) in [7, 11) is 0.